The Balaban J connectivity index is 1.19. The van der Waals surface area contributed by atoms with Gasteiger partial charge in [-0.05, 0) is 53.4 Å². The minimum Gasteiger partial charge on any atom is -0.477 e. The van der Waals surface area contributed by atoms with E-state index in [1.54, 1.807) is 0 Å². The number of carbonyl (C=O) groups excluding carboxylic acids is 2. The molecule has 0 aromatic heterocycles. The predicted octanol–water partition coefficient (Wildman–Crippen LogP) is 4.17. The Labute approximate surface area is 201 Å². The molecule has 4 rings (SSSR count). The summed E-state index contributed by atoms with van der Waals surface area (Å²) in [6, 6.07) is 16.2. The molecule has 0 heterocycles. The fraction of sp³-hybridized carbons (Fsp3) is 0.423. The highest BCUT2D eigenvalue weighted by atomic mass is 19.3. The van der Waals surface area contributed by atoms with Crippen molar-refractivity contribution in [1.29, 1.82) is 0 Å². The lowest BCUT2D eigenvalue weighted by Gasteiger charge is -2.16. The third-order valence-electron chi connectivity index (χ3n) is 6.82. The van der Waals surface area contributed by atoms with Gasteiger partial charge >= 0.3 is 18.0 Å². The number of carbonyl (C=O) groups is 3. The van der Waals surface area contributed by atoms with Crippen molar-refractivity contribution in [2.24, 2.45) is 11.8 Å². The number of carboxylic acid groups (broad SMARTS) is 1. The molecule has 1 fully saturated rings. The van der Waals surface area contributed by atoms with E-state index < -0.39 is 30.4 Å². The second-order valence-electron chi connectivity index (χ2n) is 9.24. The fourth-order valence-corrected chi connectivity index (χ4v) is 5.05. The maximum absolute atomic E-state index is 13.1. The van der Waals surface area contributed by atoms with Crippen molar-refractivity contribution in [2.45, 2.75) is 37.5 Å². The van der Waals surface area contributed by atoms with Gasteiger partial charge in [-0.3, -0.25) is 4.79 Å². The Morgan fingerprint density at radius 2 is 1.54 bits per heavy atom. The Morgan fingerprint density at radius 3 is 2.17 bits per heavy atom. The molecule has 0 bridgehead atoms. The van der Waals surface area contributed by atoms with Crippen LogP contribution in [0.25, 0.3) is 11.1 Å². The number of carboxylic acids is 1. The van der Waals surface area contributed by atoms with Gasteiger partial charge in [0.05, 0.1) is 6.54 Å². The van der Waals surface area contributed by atoms with Crippen molar-refractivity contribution in [2.75, 3.05) is 19.7 Å². The average Bonchev–Trinajstić information content (AvgIpc) is 3.42. The molecule has 0 aliphatic heterocycles. The lowest BCUT2D eigenvalue weighted by Crippen LogP contribution is -2.42. The molecule has 2 amide bonds. The van der Waals surface area contributed by atoms with Crippen molar-refractivity contribution in [1.82, 2.24) is 10.6 Å². The van der Waals surface area contributed by atoms with Gasteiger partial charge in [0.15, 0.2) is 0 Å². The normalized spacial score (nSPS) is 19.0. The van der Waals surface area contributed by atoms with E-state index >= 15 is 0 Å². The van der Waals surface area contributed by atoms with Crippen molar-refractivity contribution < 1.29 is 33.0 Å². The van der Waals surface area contributed by atoms with Crippen molar-refractivity contribution in [3.05, 3.63) is 59.7 Å². The topological polar surface area (TPSA) is 105 Å². The molecule has 2 aliphatic rings. The van der Waals surface area contributed by atoms with E-state index in [0.29, 0.717) is 13.0 Å². The summed E-state index contributed by atoms with van der Waals surface area (Å²) in [5, 5.41) is 13.2. The van der Waals surface area contributed by atoms with Gasteiger partial charge in [0.1, 0.15) is 6.61 Å². The highest BCUT2D eigenvalue weighted by Crippen LogP contribution is 2.44. The molecule has 9 heteroatoms. The second kappa shape index (κ2) is 10.4. The fourth-order valence-electron chi connectivity index (χ4n) is 5.05. The van der Waals surface area contributed by atoms with Crippen molar-refractivity contribution >= 4 is 18.0 Å². The number of ether oxygens (including phenoxy) is 1. The zero-order valence-corrected chi connectivity index (χ0v) is 19.1. The second-order valence-corrected chi connectivity index (χ2v) is 9.24. The van der Waals surface area contributed by atoms with Gasteiger partial charge in [-0.25, -0.2) is 9.59 Å². The molecule has 7 nitrogen and oxygen atoms in total. The molecule has 0 radical (unpaired) electrons. The number of alkyl halides is 2. The Bertz CT molecular complexity index is 1060. The average molecular weight is 487 g/mol. The maximum atomic E-state index is 13.1. The summed E-state index contributed by atoms with van der Waals surface area (Å²) in [5.41, 5.74) is 4.59. The number of hydrogen-bond donors (Lipinski definition) is 3. The highest BCUT2D eigenvalue weighted by Gasteiger charge is 2.39. The third-order valence-corrected chi connectivity index (χ3v) is 6.82. The SMILES string of the molecule is O=C(CC1CCC(CNC(=O)OCC2c3ccccc3-c3ccccc32)C1)NCC(F)(F)C(=O)O. The minimum atomic E-state index is -3.99. The molecule has 35 heavy (non-hydrogen) atoms. The van der Waals surface area contributed by atoms with Gasteiger partial charge in [0.25, 0.3) is 0 Å². The largest absolute Gasteiger partial charge is 0.477 e. The van der Waals surface area contributed by atoms with Gasteiger partial charge in [0, 0.05) is 18.9 Å². The van der Waals surface area contributed by atoms with E-state index in [1.807, 2.05) is 29.6 Å². The van der Waals surface area contributed by atoms with Crippen LogP contribution in [0, 0.1) is 11.8 Å². The van der Waals surface area contributed by atoms with Crippen LogP contribution in [-0.2, 0) is 14.3 Å². The van der Waals surface area contributed by atoms with Gasteiger partial charge in [-0.1, -0.05) is 48.5 Å². The first-order chi connectivity index (χ1) is 16.7. The van der Waals surface area contributed by atoms with Crippen LogP contribution < -0.4 is 10.6 Å². The van der Waals surface area contributed by atoms with E-state index in [4.69, 9.17) is 9.84 Å². The number of hydrogen-bond acceptors (Lipinski definition) is 4. The maximum Gasteiger partial charge on any atom is 0.407 e. The summed E-state index contributed by atoms with van der Waals surface area (Å²) in [4.78, 5) is 34.7. The van der Waals surface area contributed by atoms with E-state index in [0.717, 1.165) is 35.1 Å². The standard InChI is InChI=1S/C26H28F2N2O5/c27-26(28,24(32)33)15-30-23(31)12-16-9-10-17(11-16)13-29-25(34)35-14-22-20-7-3-1-5-18(20)19-6-2-4-8-21(19)22/h1-8,16-17,22H,9-15H2,(H,29,34)(H,30,31)(H,32,33). The lowest BCUT2D eigenvalue weighted by molar-refractivity contribution is -0.164. The number of rotatable bonds is 9. The minimum absolute atomic E-state index is 0.00256. The van der Waals surface area contributed by atoms with E-state index in [2.05, 4.69) is 29.6 Å². The van der Waals surface area contributed by atoms with Crippen LogP contribution in [0.2, 0.25) is 0 Å². The quantitative estimate of drug-likeness (QED) is 0.494. The number of fused-ring (bicyclic) bond motifs is 3. The Morgan fingerprint density at radius 1 is 0.943 bits per heavy atom. The molecule has 0 saturated heterocycles. The van der Waals surface area contributed by atoms with Gasteiger partial charge in [0.2, 0.25) is 5.91 Å². The van der Waals surface area contributed by atoms with Crippen LogP contribution in [0.15, 0.2) is 48.5 Å². The molecule has 3 N–H and O–H groups in total. The van der Waals surface area contributed by atoms with E-state index in [9.17, 15) is 23.2 Å². The molecule has 2 aliphatic carbocycles. The zero-order chi connectivity index (χ0) is 25.0. The van der Waals surface area contributed by atoms with Crippen LogP contribution in [-0.4, -0.2) is 48.7 Å². The number of nitrogens with one attached hydrogen (secondary N) is 2. The molecule has 2 aromatic carbocycles. The Kier molecular flexibility index (Phi) is 7.33. The van der Waals surface area contributed by atoms with E-state index in [1.165, 1.54) is 0 Å². The molecule has 2 atom stereocenters. The first-order valence-electron chi connectivity index (χ1n) is 11.7. The van der Waals surface area contributed by atoms with Gasteiger partial charge in [-0.15, -0.1) is 0 Å². The summed E-state index contributed by atoms with van der Waals surface area (Å²) in [6.07, 6.45) is 1.76. The van der Waals surface area contributed by atoms with Crippen LogP contribution in [0.3, 0.4) is 0 Å². The van der Waals surface area contributed by atoms with Gasteiger partial charge in [-0.2, -0.15) is 8.78 Å². The lowest BCUT2D eigenvalue weighted by atomic mass is 9.98. The van der Waals surface area contributed by atoms with Crippen LogP contribution >= 0.6 is 0 Å². The monoisotopic (exact) mass is 486 g/mol. The molecular weight excluding hydrogens is 458 g/mol. The molecule has 0 spiro atoms. The van der Waals surface area contributed by atoms with E-state index in [-0.39, 0.29) is 30.8 Å². The molecule has 2 unspecified atom stereocenters. The number of alkyl carbamates (subject to hydrolysis) is 1. The summed E-state index contributed by atoms with van der Waals surface area (Å²) in [7, 11) is 0. The summed E-state index contributed by atoms with van der Waals surface area (Å²) in [5.74, 6) is -6.70. The van der Waals surface area contributed by atoms with Gasteiger partial charge < -0.3 is 20.5 Å². The summed E-state index contributed by atoms with van der Waals surface area (Å²) in [6.45, 7) is -0.583. The summed E-state index contributed by atoms with van der Waals surface area (Å²) >= 11 is 0. The first-order valence-corrected chi connectivity index (χ1v) is 11.7. The molecule has 186 valence electrons. The molecule has 2 aromatic rings. The van der Waals surface area contributed by atoms with Crippen molar-refractivity contribution in [3.63, 3.8) is 0 Å². The number of amides is 2. The highest BCUT2D eigenvalue weighted by molar-refractivity contribution is 5.80. The predicted molar refractivity (Wildman–Crippen MR) is 124 cm³/mol. The van der Waals surface area contributed by atoms with Crippen molar-refractivity contribution in [3.8, 4) is 11.1 Å². The number of benzene rings is 2. The first kappa shape index (κ1) is 24.6. The zero-order valence-electron chi connectivity index (χ0n) is 19.1. The number of halogens is 2. The third kappa shape index (κ3) is 5.78. The molecule has 1 saturated carbocycles. The van der Waals surface area contributed by atoms with Crippen LogP contribution in [0.5, 0.6) is 0 Å². The summed E-state index contributed by atoms with van der Waals surface area (Å²) < 4.78 is 31.7. The molecular formula is C26H28F2N2O5. The van der Waals surface area contributed by atoms with Crippen LogP contribution in [0.4, 0.5) is 13.6 Å². The smallest absolute Gasteiger partial charge is 0.407 e. The van der Waals surface area contributed by atoms with Crippen LogP contribution in [0.1, 0.15) is 42.7 Å². The number of aliphatic carboxylic acids is 1. The Hall–Kier alpha value is -3.49.